The summed E-state index contributed by atoms with van der Waals surface area (Å²) in [6.07, 6.45) is 1.77. The number of carbonyl (C=O) groups is 2. The van der Waals surface area contributed by atoms with Crippen LogP contribution >= 0.6 is 0 Å². The first kappa shape index (κ1) is 17.0. The Labute approximate surface area is 136 Å². The van der Waals surface area contributed by atoms with E-state index in [0.717, 1.165) is 0 Å². The van der Waals surface area contributed by atoms with Gasteiger partial charge in [0.05, 0.1) is 5.69 Å². The zero-order valence-electron chi connectivity index (χ0n) is 13.9. The summed E-state index contributed by atoms with van der Waals surface area (Å²) in [5.74, 6) is -0.903. The van der Waals surface area contributed by atoms with Gasteiger partial charge in [-0.3, -0.25) is 9.59 Å². The summed E-state index contributed by atoms with van der Waals surface area (Å²) in [6, 6.07) is 12.5. The van der Waals surface area contributed by atoms with Crippen LogP contribution in [0.2, 0.25) is 0 Å². The Bertz CT molecular complexity index is 703. The minimum Gasteiger partial charge on any atom is -0.481 e. The highest BCUT2D eigenvalue weighted by atomic mass is 16.4. The molecule has 1 aromatic heterocycles. The summed E-state index contributed by atoms with van der Waals surface area (Å²) in [7, 11) is 0. The molecule has 23 heavy (non-hydrogen) atoms. The summed E-state index contributed by atoms with van der Waals surface area (Å²) >= 11 is 0. The largest absolute Gasteiger partial charge is 0.481 e. The first-order valence-electron chi connectivity index (χ1n) is 7.98. The first-order valence-corrected chi connectivity index (χ1v) is 7.98. The molecule has 1 aliphatic rings. The molecule has 0 amide bonds. The van der Waals surface area contributed by atoms with Crippen LogP contribution in [-0.2, 0) is 16.8 Å². The molecule has 1 N–H and O–H groups in total. The van der Waals surface area contributed by atoms with E-state index in [1.807, 2.05) is 22.8 Å². The maximum atomic E-state index is 12.5. The van der Waals surface area contributed by atoms with Crippen molar-refractivity contribution in [1.82, 2.24) is 4.57 Å². The van der Waals surface area contributed by atoms with Gasteiger partial charge in [-0.05, 0) is 25.5 Å². The lowest BCUT2D eigenvalue weighted by atomic mass is 9.86. The third-order valence-corrected chi connectivity index (χ3v) is 4.12. The number of aromatic nitrogens is 1. The highest BCUT2D eigenvalue weighted by Gasteiger charge is 2.43. The van der Waals surface area contributed by atoms with Gasteiger partial charge in [0.25, 0.3) is 0 Å². The Morgan fingerprint density at radius 1 is 1.13 bits per heavy atom. The predicted octanol–water partition coefficient (Wildman–Crippen LogP) is 3.88. The second-order valence-electron chi connectivity index (χ2n) is 6.04. The van der Waals surface area contributed by atoms with E-state index >= 15 is 0 Å². The predicted molar refractivity (Wildman–Crippen MR) is 89.9 cm³/mol. The standard InChI is InChI=1S/C16H15NO3.C3H8/c1-16(15(19)20)9-10-17-12(7-8-13(16)17)14(18)11-5-3-2-4-6-11;1-3-2/h2-8H,9-10H2,1H3,(H,19,20);3H2,1-2H3. The maximum Gasteiger partial charge on any atom is 0.315 e. The van der Waals surface area contributed by atoms with Crippen LogP contribution in [0.1, 0.15) is 55.4 Å². The highest BCUT2D eigenvalue weighted by molar-refractivity contribution is 6.08. The number of carboxylic acids is 1. The van der Waals surface area contributed by atoms with Gasteiger partial charge < -0.3 is 9.67 Å². The number of nitrogens with zero attached hydrogens (tertiary/aromatic N) is 1. The minimum absolute atomic E-state index is 0.0634. The fourth-order valence-corrected chi connectivity index (χ4v) is 2.81. The zero-order valence-corrected chi connectivity index (χ0v) is 13.9. The van der Waals surface area contributed by atoms with E-state index in [1.165, 1.54) is 6.42 Å². The van der Waals surface area contributed by atoms with Crippen molar-refractivity contribution in [2.45, 2.75) is 45.6 Å². The van der Waals surface area contributed by atoms with Crippen LogP contribution in [-0.4, -0.2) is 21.4 Å². The quantitative estimate of drug-likeness (QED) is 0.875. The molecule has 2 aromatic rings. The van der Waals surface area contributed by atoms with Gasteiger partial charge >= 0.3 is 5.97 Å². The third kappa shape index (κ3) is 3.07. The number of ketones is 1. The lowest BCUT2D eigenvalue weighted by molar-refractivity contribution is -0.143. The second kappa shape index (κ2) is 6.82. The summed E-state index contributed by atoms with van der Waals surface area (Å²) in [4.78, 5) is 23.9. The fourth-order valence-electron chi connectivity index (χ4n) is 2.81. The molecule has 0 radical (unpaired) electrons. The molecule has 0 bridgehead atoms. The molecule has 4 heteroatoms. The van der Waals surface area contributed by atoms with Crippen molar-refractivity contribution in [2.24, 2.45) is 0 Å². The van der Waals surface area contributed by atoms with Gasteiger partial charge in [0.1, 0.15) is 5.41 Å². The average Bonchev–Trinajstić information content (AvgIpc) is 3.10. The number of hydrogen-bond donors (Lipinski definition) is 1. The normalized spacial score (nSPS) is 18.7. The topological polar surface area (TPSA) is 59.3 Å². The number of carbonyl (C=O) groups excluding carboxylic acids is 1. The molecular weight excluding hydrogens is 290 g/mol. The van der Waals surface area contributed by atoms with E-state index in [1.54, 1.807) is 31.2 Å². The Morgan fingerprint density at radius 2 is 1.74 bits per heavy atom. The number of fused-ring (bicyclic) bond motifs is 1. The van der Waals surface area contributed by atoms with Gasteiger partial charge in [-0.25, -0.2) is 0 Å². The summed E-state index contributed by atoms with van der Waals surface area (Å²) < 4.78 is 1.84. The Balaban J connectivity index is 0.000000595. The Hall–Kier alpha value is -2.36. The molecule has 122 valence electrons. The van der Waals surface area contributed by atoms with Crippen LogP contribution in [0.3, 0.4) is 0 Å². The van der Waals surface area contributed by atoms with E-state index in [4.69, 9.17) is 0 Å². The molecule has 1 aromatic carbocycles. The third-order valence-electron chi connectivity index (χ3n) is 4.12. The zero-order chi connectivity index (χ0) is 17.0. The van der Waals surface area contributed by atoms with Gasteiger partial charge in [-0.2, -0.15) is 0 Å². The SMILES string of the molecule is CC1(C(=O)O)CCn2c(C(=O)c3ccccc3)ccc21.CCC. The van der Waals surface area contributed by atoms with Crippen molar-refractivity contribution < 1.29 is 14.7 Å². The fraction of sp³-hybridized carbons (Fsp3) is 0.368. The van der Waals surface area contributed by atoms with Crippen LogP contribution in [0.15, 0.2) is 42.5 Å². The molecule has 0 fully saturated rings. The van der Waals surface area contributed by atoms with Gasteiger partial charge in [-0.1, -0.05) is 50.6 Å². The Kier molecular flexibility index (Phi) is 5.04. The van der Waals surface area contributed by atoms with Crippen LogP contribution in [0, 0.1) is 0 Å². The molecule has 1 aliphatic heterocycles. The summed E-state index contributed by atoms with van der Waals surface area (Å²) in [5, 5.41) is 9.39. The van der Waals surface area contributed by atoms with E-state index in [0.29, 0.717) is 29.9 Å². The smallest absolute Gasteiger partial charge is 0.315 e. The van der Waals surface area contributed by atoms with Gasteiger partial charge in [-0.15, -0.1) is 0 Å². The van der Waals surface area contributed by atoms with Crippen LogP contribution in [0.4, 0.5) is 0 Å². The molecule has 4 nitrogen and oxygen atoms in total. The van der Waals surface area contributed by atoms with Crippen molar-refractivity contribution in [3.05, 3.63) is 59.4 Å². The van der Waals surface area contributed by atoms with Crippen LogP contribution in [0.25, 0.3) is 0 Å². The monoisotopic (exact) mass is 313 g/mol. The molecule has 1 atom stereocenters. The lowest BCUT2D eigenvalue weighted by Crippen LogP contribution is -2.29. The van der Waals surface area contributed by atoms with E-state index in [2.05, 4.69) is 13.8 Å². The molecule has 0 saturated heterocycles. The molecule has 1 unspecified atom stereocenters. The number of carboxylic acid groups (broad SMARTS) is 1. The summed E-state index contributed by atoms with van der Waals surface area (Å²) in [5.41, 5.74) is 1.01. The van der Waals surface area contributed by atoms with Gasteiger partial charge in [0.15, 0.2) is 0 Å². The van der Waals surface area contributed by atoms with Crippen LogP contribution in [0.5, 0.6) is 0 Å². The van der Waals surface area contributed by atoms with Gasteiger partial charge in [0, 0.05) is 17.8 Å². The van der Waals surface area contributed by atoms with Crippen molar-refractivity contribution in [2.75, 3.05) is 0 Å². The molecule has 0 saturated carbocycles. The van der Waals surface area contributed by atoms with E-state index in [9.17, 15) is 14.7 Å². The van der Waals surface area contributed by atoms with E-state index in [-0.39, 0.29) is 5.78 Å². The second-order valence-corrected chi connectivity index (χ2v) is 6.04. The van der Waals surface area contributed by atoms with Crippen molar-refractivity contribution >= 4 is 11.8 Å². The lowest BCUT2D eigenvalue weighted by Gasteiger charge is -2.16. The van der Waals surface area contributed by atoms with Crippen molar-refractivity contribution in [1.29, 1.82) is 0 Å². The van der Waals surface area contributed by atoms with Gasteiger partial charge in [0.2, 0.25) is 5.78 Å². The highest BCUT2D eigenvalue weighted by Crippen LogP contribution is 2.37. The molecule has 0 aliphatic carbocycles. The number of benzene rings is 1. The number of aliphatic carboxylic acids is 1. The Morgan fingerprint density at radius 3 is 2.30 bits per heavy atom. The number of hydrogen-bond acceptors (Lipinski definition) is 2. The molecule has 0 spiro atoms. The summed E-state index contributed by atoms with van der Waals surface area (Å²) in [6.45, 7) is 6.53. The number of rotatable bonds is 3. The first-order chi connectivity index (χ1) is 11.0. The van der Waals surface area contributed by atoms with Crippen LogP contribution < -0.4 is 0 Å². The molecule has 2 heterocycles. The molecular formula is C19H23NO3. The average molecular weight is 313 g/mol. The minimum atomic E-state index is -0.894. The van der Waals surface area contributed by atoms with Crippen molar-refractivity contribution in [3.8, 4) is 0 Å². The molecule has 3 rings (SSSR count). The van der Waals surface area contributed by atoms with Crippen molar-refractivity contribution in [3.63, 3.8) is 0 Å². The maximum absolute atomic E-state index is 12.5. The van der Waals surface area contributed by atoms with E-state index < -0.39 is 11.4 Å².